The molecule has 1 aliphatic heterocycles. The summed E-state index contributed by atoms with van der Waals surface area (Å²) in [4.78, 5) is 12.0. The molecule has 0 fully saturated rings. The fourth-order valence-corrected chi connectivity index (χ4v) is 2.34. The number of para-hydroxylation sites is 1. The van der Waals surface area contributed by atoms with E-state index in [-0.39, 0.29) is 11.9 Å². The van der Waals surface area contributed by atoms with Gasteiger partial charge in [0.05, 0.1) is 0 Å². The minimum absolute atomic E-state index is 0.0893. The van der Waals surface area contributed by atoms with Crippen molar-refractivity contribution in [3.63, 3.8) is 0 Å². The maximum Gasteiger partial charge on any atom is 0.242 e. The molecule has 3 nitrogen and oxygen atoms in total. The van der Waals surface area contributed by atoms with Crippen LogP contribution in [-0.2, 0) is 11.2 Å². The molecule has 18 heavy (non-hydrogen) atoms. The number of benzene rings is 1. The molecule has 0 spiro atoms. The quantitative estimate of drug-likeness (QED) is 0.758. The van der Waals surface area contributed by atoms with E-state index in [4.69, 9.17) is 0 Å². The van der Waals surface area contributed by atoms with Crippen LogP contribution >= 0.6 is 0 Å². The first kappa shape index (κ1) is 12.9. The molecule has 0 aromatic heterocycles. The molecule has 1 atom stereocenters. The van der Waals surface area contributed by atoms with Crippen LogP contribution < -0.4 is 10.6 Å². The summed E-state index contributed by atoms with van der Waals surface area (Å²) in [5, 5.41) is 6.29. The van der Waals surface area contributed by atoms with Gasteiger partial charge in [0.15, 0.2) is 0 Å². The summed E-state index contributed by atoms with van der Waals surface area (Å²) in [7, 11) is 0. The van der Waals surface area contributed by atoms with Crippen molar-refractivity contribution in [3.05, 3.63) is 29.8 Å². The van der Waals surface area contributed by atoms with Gasteiger partial charge in [0.25, 0.3) is 0 Å². The first-order valence-electron chi connectivity index (χ1n) is 6.93. The number of hydrogen-bond donors (Lipinski definition) is 2. The summed E-state index contributed by atoms with van der Waals surface area (Å²) in [6.07, 6.45) is 5.57. The van der Waals surface area contributed by atoms with Gasteiger partial charge < -0.3 is 10.6 Å². The molecule has 98 valence electrons. The molecule has 1 amide bonds. The molecule has 0 saturated carbocycles. The molecule has 2 N–H and O–H groups in total. The Bertz CT molecular complexity index is 378. The van der Waals surface area contributed by atoms with E-state index in [1.54, 1.807) is 0 Å². The summed E-state index contributed by atoms with van der Waals surface area (Å²) < 4.78 is 0. The molecule has 1 aromatic carbocycles. The lowest BCUT2D eigenvalue weighted by Gasteiger charge is -2.11. The molecule has 0 radical (unpaired) electrons. The van der Waals surface area contributed by atoms with Crippen molar-refractivity contribution in [2.24, 2.45) is 0 Å². The number of hydrogen-bond acceptors (Lipinski definition) is 2. The molecule has 0 saturated heterocycles. The zero-order valence-corrected chi connectivity index (χ0v) is 11.0. The van der Waals surface area contributed by atoms with Crippen LogP contribution in [-0.4, -0.2) is 18.5 Å². The summed E-state index contributed by atoms with van der Waals surface area (Å²) >= 11 is 0. The van der Waals surface area contributed by atoms with E-state index in [1.807, 2.05) is 18.2 Å². The summed E-state index contributed by atoms with van der Waals surface area (Å²) in [6.45, 7) is 2.99. The molecule has 0 aliphatic carbocycles. The second-order valence-corrected chi connectivity index (χ2v) is 4.91. The molecule has 1 heterocycles. The van der Waals surface area contributed by atoms with Gasteiger partial charge in [-0.25, -0.2) is 0 Å². The fraction of sp³-hybridized carbons (Fsp3) is 0.533. The third-order valence-corrected chi connectivity index (χ3v) is 3.42. The minimum atomic E-state index is -0.0893. The third kappa shape index (κ3) is 3.25. The van der Waals surface area contributed by atoms with Crippen molar-refractivity contribution in [2.45, 2.75) is 45.1 Å². The highest BCUT2D eigenvalue weighted by Gasteiger charge is 2.25. The maximum atomic E-state index is 12.0. The largest absolute Gasteiger partial charge is 0.373 e. The van der Waals surface area contributed by atoms with Crippen LogP contribution in [0.15, 0.2) is 24.3 Å². The number of carbonyl (C=O) groups is 1. The Morgan fingerprint density at radius 2 is 2.17 bits per heavy atom. The van der Waals surface area contributed by atoms with Gasteiger partial charge in [0.1, 0.15) is 6.04 Å². The van der Waals surface area contributed by atoms with Crippen molar-refractivity contribution in [2.75, 3.05) is 11.9 Å². The highest BCUT2D eigenvalue weighted by atomic mass is 16.2. The molecular weight excluding hydrogens is 224 g/mol. The molecule has 3 heteroatoms. The van der Waals surface area contributed by atoms with Crippen LogP contribution in [0.4, 0.5) is 5.69 Å². The lowest BCUT2D eigenvalue weighted by Crippen LogP contribution is -2.38. The maximum absolute atomic E-state index is 12.0. The number of anilines is 1. The number of unbranched alkanes of at least 4 members (excludes halogenated alkanes) is 3. The number of nitrogens with one attached hydrogen (secondary N) is 2. The molecule has 0 unspecified atom stereocenters. The van der Waals surface area contributed by atoms with E-state index in [0.717, 1.165) is 25.1 Å². The van der Waals surface area contributed by atoms with Crippen LogP contribution in [0.2, 0.25) is 0 Å². The van der Waals surface area contributed by atoms with Crippen molar-refractivity contribution in [1.82, 2.24) is 5.32 Å². The van der Waals surface area contributed by atoms with Gasteiger partial charge >= 0.3 is 0 Å². The standard InChI is InChI=1S/C15H22N2O/c1-2-3-4-7-10-16-15(18)14-11-12-8-5-6-9-13(12)17-14/h5-6,8-9,14,17H,2-4,7,10-11H2,1H3,(H,16,18)/t14-/m0/s1. The van der Waals surface area contributed by atoms with E-state index >= 15 is 0 Å². The van der Waals surface area contributed by atoms with Crippen LogP contribution in [0, 0.1) is 0 Å². The Labute approximate surface area is 109 Å². The predicted octanol–water partition coefficient (Wildman–Crippen LogP) is 2.72. The van der Waals surface area contributed by atoms with Gasteiger partial charge in [-0.15, -0.1) is 0 Å². The number of amides is 1. The van der Waals surface area contributed by atoms with Crippen molar-refractivity contribution < 1.29 is 4.79 Å². The van der Waals surface area contributed by atoms with Gasteiger partial charge in [0.2, 0.25) is 5.91 Å². The Morgan fingerprint density at radius 1 is 1.33 bits per heavy atom. The van der Waals surface area contributed by atoms with E-state index in [2.05, 4.69) is 23.6 Å². The first-order valence-corrected chi connectivity index (χ1v) is 6.93. The van der Waals surface area contributed by atoms with Crippen molar-refractivity contribution in [1.29, 1.82) is 0 Å². The van der Waals surface area contributed by atoms with Crippen LogP contribution in [0.3, 0.4) is 0 Å². The Kier molecular flexibility index (Phi) is 4.62. The average Bonchev–Trinajstić information content (AvgIpc) is 2.82. The lowest BCUT2D eigenvalue weighted by molar-refractivity contribution is -0.121. The normalized spacial score (nSPS) is 17.1. The van der Waals surface area contributed by atoms with Gasteiger partial charge in [-0.05, 0) is 18.1 Å². The molecular formula is C15H22N2O. The van der Waals surface area contributed by atoms with Gasteiger partial charge in [-0.1, -0.05) is 44.4 Å². The molecule has 1 aliphatic rings. The summed E-state index contributed by atoms with van der Waals surface area (Å²) in [5.74, 6) is 0.127. The first-order chi connectivity index (χ1) is 8.81. The highest BCUT2D eigenvalue weighted by molar-refractivity contribution is 5.87. The van der Waals surface area contributed by atoms with Crippen molar-refractivity contribution in [3.8, 4) is 0 Å². The number of fused-ring (bicyclic) bond motifs is 1. The Balaban J connectivity index is 1.72. The van der Waals surface area contributed by atoms with Gasteiger partial charge in [-0.3, -0.25) is 4.79 Å². The third-order valence-electron chi connectivity index (χ3n) is 3.42. The molecule has 0 bridgehead atoms. The van der Waals surface area contributed by atoms with Crippen LogP contribution in [0.5, 0.6) is 0 Å². The monoisotopic (exact) mass is 246 g/mol. The van der Waals surface area contributed by atoms with E-state index < -0.39 is 0 Å². The van der Waals surface area contributed by atoms with E-state index in [1.165, 1.54) is 24.8 Å². The topological polar surface area (TPSA) is 41.1 Å². The molecule has 2 rings (SSSR count). The van der Waals surface area contributed by atoms with Gasteiger partial charge in [-0.2, -0.15) is 0 Å². The fourth-order valence-electron chi connectivity index (χ4n) is 2.34. The smallest absolute Gasteiger partial charge is 0.242 e. The summed E-state index contributed by atoms with van der Waals surface area (Å²) in [5.41, 5.74) is 2.34. The number of carbonyl (C=O) groups excluding carboxylic acids is 1. The second-order valence-electron chi connectivity index (χ2n) is 4.91. The van der Waals surface area contributed by atoms with E-state index in [0.29, 0.717) is 0 Å². The van der Waals surface area contributed by atoms with Crippen molar-refractivity contribution >= 4 is 11.6 Å². The van der Waals surface area contributed by atoms with Gasteiger partial charge in [0, 0.05) is 18.7 Å². The molecule has 1 aromatic rings. The second kappa shape index (κ2) is 6.43. The van der Waals surface area contributed by atoms with Crippen LogP contribution in [0.25, 0.3) is 0 Å². The Hall–Kier alpha value is -1.51. The SMILES string of the molecule is CCCCCCNC(=O)[C@@H]1Cc2ccccc2N1. The zero-order valence-electron chi connectivity index (χ0n) is 11.0. The summed E-state index contributed by atoms with van der Waals surface area (Å²) in [6, 6.07) is 8.04. The van der Waals surface area contributed by atoms with Crippen LogP contribution in [0.1, 0.15) is 38.2 Å². The van der Waals surface area contributed by atoms with E-state index in [9.17, 15) is 4.79 Å². The Morgan fingerprint density at radius 3 is 2.94 bits per heavy atom. The minimum Gasteiger partial charge on any atom is -0.373 e. The number of rotatable bonds is 6. The average molecular weight is 246 g/mol. The zero-order chi connectivity index (χ0) is 12.8. The predicted molar refractivity (Wildman–Crippen MR) is 74.7 cm³/mol. The highest BCUT2D eigenvalue weighted by Crippen LogP contribution is 2.24. The lowest BCUT2D eigenvalue weighted by atomic mass is 10.1.